The molecule has 0 saturated carbocycles. The fourth-order valence-corrected chi connectivity index (χ4v) is 2.61. The van der Waals surface area contributed by atoms with Gasteiger partial charge in [0.05, 0.1) is 5.92 Å². The maximum atomic E-state index is 11.8. The Balaban J connectivity index is 2.03. The first-order valence-corrected chi connectivity index (χ1v) is 5.54. The minimum atomic E-state index is 0.0386. The predicted molar refractivity (Wildman–Crippen MR) is 56.0 cm³/mol. The van der Waals surface area contributed by atoms with Gasteiger partial charge in [0.2, 0.25) is 11.8 Å². The van der Waals surface area contributed by atoms with E-state index in [0.717, 1.165) is 13.1 Å². The number of hydrogen-bond donors (Lipinski definition) is 0. The first kappa shape index (κ1) is 10.5. The molecule has 0 N–H and O–H groups in total. The van der Waals surface area contributed by atoms with E-state index in [1.807, 2.05) is 25.8 Å². The molecule has 0 aliphatic carbocycles. The van der Waals surface area contributed by atoms with Gasteiger partial charge in [-0.15, -0.1) is 0 Å². The summed E-state index contributed by atoms with van der Waals surface area (Å²) >= 11 is 0. The van der Waals surface area contributed by atoms with E-state index < -0.39 is 0 Å². The SMILES string of the molecule is CC(C)C(=O)N1C[C@H]2CN(C)C(=O)[C@H]2C1. The van der Waals surface area contributed by atoms with Crippen LogP contribution in [-0.2, 0) is 9.59 Å². The highest BCUT2D eigenvalue weighted by Gasteiger charge is 2.46. The van der Waals surface area contributed by atoms with Gasteiger partial charge < -0.3 is 9.80 Å². The molecule has 2 atom stereocenters. The smallest absolute Gasteiger partial charge is 0.227 e. The predicted octanol–water partition coefficient (Wildman–Crippen LogP) is 0.189. The molecular formula is C11H18N2O2. The molecule has 0 aromatic heterocycles. The Hall–Kier alpha value is -1.06. The Kier molecular flexibility index (Phi) is 2.44. The zero-order valence-electron chi connectivity index (χ0n) is 9.56. The number of rotatable bonds is 1. The molecular weight excluding hydrogens is 192 g/mol. The van der Waals surface area contributed by atoms with Crippen LogP contribution in [-0.4, -0.2) is 48.3 Å². The van der Waals surface area contributed by atoms with E-state index in [9.17, 15) is 9.59 Å². The molecule has 0 radical (unpaired) electrons. The number of nitrogens with zero attached hydrogens (tertiary/aromatic N) is 2. The molecule has 4 heteroatoms. The van der Waals surface area contributed by atoms with Crippen molar-refractivity contribution in [2.75, 3.05) is 26.7 Å². The molecule has 0 aromatic rings. The topological polar surface area (TPSA) is 40.6 Å². The van der Waals surface area contributed by atoms with Crippen molar-refractivity contribution in [1.29, 1.82) is 0 Å². The van der Waals surface area contributed by atoms with Gasteiger partial charge in [-0.05, 0) is 0 Å². The Morgan fingerprint density at radius 2 is 2.00 bits per heavy atom. The van der Waals surface area contributed by atoms with Gasteiger partial charge in [-0.25, -0.2) is 0 Å². The number of hydrogen-bond acceptors (Lipinski definition) is 2. The lowest BCUT2D eigenvalue weighted by atomic mass is 10.0. The van der Waals surface area contributed by atoms with E-state index in [1.165, 1.54) is 0 Å². The van der Waals surface area contributed by atoms with Crippen molar-refractivity contribution < 1.29 is 9.59 Å². The fourth-order valence-electron chi connectivity index (χ4n) is 2.61. The lowest BCUT2D eigenvalue weighted by Gasteiger charge is -2.21. The zero-order chi connectivity index (χ0) is 11.2. The first-order chi connectivity index (χ1) is 7.00. The average molecular weight is 210 g/mol. The van der Waals surface area contributed by atoms with Crippen LogP contribution in [0.5, 0.6) is 0 Å². The van der Waals surface area contributed by atoms with E-state index in [1.54, 1.807) is 4.90 Å². The molecule has 0 bridgehead atoms. The summed E-state index contributed by atoms with van der Waals surface area (Å²) in [6, 6.07) is 0. The molecule has 2 aliphatic heterocycles. The molecule has 0 spiro atoms. The van der Waals surface area contributed by atoms with Crippen LogP contribution in [0.15, 0.2) is 0 Å². The van der Waals surface area contributed by atoms with Crippen LogP contribution in [0, 0.1) is 17.8 Å². The summed E-state index contributed by atoms with van der Waals surface area (Å²) in [7, 11) is 1.84. The van der Waals surface area contributed by atoms with Crippen molar-refractivity contribution in [3.05, 3.63) is 0 Å². The van der Waals surface area contributed by atoms with Crippen LogP contribution in [0.2, 0.25) is 0 Å². The summed E-state index contributed by atoms with van der Waals surface area (Å²) in [6.07, 6.45) is 0. The highest BCUT2D eigenvalue weighted by atomic mass is 16.2. The maximum absolute atomic E-state index is 11.8. The van der Waals surface area contributed by atoms with Crippen molar-refractivity contribution in [3.8, 4) is 0 Å². The van der Waals surface area contributed by atoms with Gasteiger partial charge in [-0.3, -0.25) is 9.59 Å². The molecule has 0 aromatic carbocycles. The van der Waals surface area contributed by atoms with Crippen molar-refractivity contribution in [1.82, 2.24) is 9.80 Å². The lowest BCUT2D eigenvalue weighted by molar-refractivity contribution is -0.134. The molecule has 0 unspecified atom stereocenters. The number of fused-ring (bicyclic) bond motifs is 1. The van der Waals surface area contributed by atoms with E-state index in [2.05, 4.69) is 0 Å². The highest BCUT2D eigenvalue weighted by molar-refractivity contribution is 5.84. The van der Waals surface area contributed by atoms with Crippen LogP contribution < -0.4 is 0 Å². The maximum Gasteiger partial charge on any atom is 0.227 e. The lowest BCUT2D eigenvalue weighted by Crippen LogP contribution is -2.36. The minimum Gasteiger partial charge on any atom is -0.345 e. The molecule has 2 saturated heterocycles. The van der Waals surface area contributed by atoms with Crippen LogP contribution in [0.25, 0.3) is 0 Å². The molecule has 4 nitrogen and oxygen atoms in total. The molecule has 15 heavy (non-hydrogen) atoms. The van der Waals surface area contributed by atoms with Gasteiger partial charge in [-0.1, -0.05) is 13.8 Å². The molecule has 2 aliphatic rings. The van der Waals surface area contributed by atoms with Crippen molar-refractivity contribution in [3.63, 3.8) is 0 Å². The largest absolute Gasteiger partial charge is 0.345 e. The summed E-state index contributed by atoms with van der Waals surface area (Å²) in [5.41, 5.74) is 0. The summed E-state index contributed by atoms with van der Waals surface area (Å²) in [4.78, 5) is 27.1. The molecule has 2 amide bonds. The molecule has 2 heterocycles. The molecule has 2 fully saturated rings. The van der Waals surface area contributed by atoms with E-state index in [4.69, 9.17) is 0 Å². The number of likely N-dealkylation sites (tertiary alicyclic amines) is 2. The Labute approximate surface area is 90.2 Å². The second-order valence-electron chi connectivity index (χ2n) is 4.98. The van der Waals surface area contributed by atoms with Crippen LogP contribution in [0.4, 0.5) is 0 Å². The fraction of sp³-hybridized carbons (Fsp3) is 0.818. The van der Waals surface area contributed by atoms with Gasteiger partial charge in [0, 0.05) is 38.5 Å². The van der Waals surface area contributed by atoms with Crippen LogP contribution >= 0.6 is 0 Å². The Morgan fingerprint density at radius 1 is 1.33 bits per heavy atom. The van der Waals surface area contributed by atoms with E-state index in [0.29, 0.717) is 12.5 Å². The number of carbonyl (C=O) groups is 2. The second kappa shape index (κ2) is 3.51. The Morgan fingerprint density at radius 3 is 2.53 bits per heavy atom. The second-order valence-corrected chi connectivity index (χ2v) is 4.98. The standard InChI is InChI=1S/C11H18N2O2/c1-7(2)10(14)13-5-8-4-12(3)11(15)9(8)6-13/h7-9H,4-6H2,1-3H3/t8-,9+/m1/s1. The van der Waals surface area contributed by atoms with Crippen molar-refractivity contribution in [2.45, 2.75) is 13.8 Å². The van der Waals surface area contributed by atoms with E-state index >= 15 is 0 Å². The number of amides is 2. The van der Waals surface area contributed by atoms with Crippen LogP contribution in [0.1, 0.15) is 13.8 Å². The minimum absolute atomic E-state index is 0.0386. The van der Waals surface area contributed by atoms with Gasteiger partial charge in [0.1, 0.15) is 0 Å². The summed E-state index contributed by atoms with van der Waals surface area (Å²) in [5.74, 6) is 0.860. The van der Waals surface area contributed by atoms with Crippen molar-refractivity contribution >= 4 is 11.8 Å². The van der Waals surface area contributed by atoms with Gasteiger partial charge >= 0.3 is 0 Å². The van der Waals surface area contributed by atoms with E-state index in [-0.39, 0.29) is 23.7 Å². The monoisotopic (exact) mass is 210 g/mol. The van der Waals surface area contributed by atoms with Gasteiger partial charge in [0.25, 0.3) is 0 Å². The molecule has 84 valence electrons. The summed E-state index contributed by atoms with van der Waals surface area (Å²) < 4.78 is 0. The van der Waals surface area contributed by atoms with Crippen molar-refractivity contribution in [2.24, 2.45) is 17.8 Å². The quantitative estimate of drug-likeness (QED) is 0.620. The normalized spacial score (nSPS) is 30.3. The third kappa shape index (κ3) is 1.62. The third-order valence-corrected chi connectivity index (χ3v) is 3.45. The number of carbonyl (C=O) groups excluding carboxylic acids is 2. The molecule has 2 rings (SSSR count). The average Bonchev–Trinajstić information content (AvgIpc) is 2.67. The van der Waals surface area contributed by atoms with Gasteiger partial charge in [0.15, 0.2) is 0 Å². The van der Waals surface area contributed by atoms with Crippen LogP contribution in [0.3, 0.4) is 0 Å². The third-order valence-electron chi connectivity index (χ3n) is 3.45. The first-order valence-electron chi connectivity index (χ1n) is 5.54. The zero-order valence-corrected chi connectivity index (χ0v) is 9.56. The summed E-state index contributed by atoms with van der Waals surface area (Å²) in [5, 5.41) is 0. The highest BCUT2D eigenvalue weighted by Crippen LogP contribution is 2.31. The van der Waals surface area contributed by atoms with Gasteiger partial charge in [-0.2, -0.15) is 0 Å². The Bertz CT molecular complexity index is 301. The summed E-state index contributed by atoms with van der Waals surface area (Å²) in [6.45, 7) is 6.02.